The first-order valence-corrected chi connectivity index (χ1v) is 8.64. The second kappa shape index (κ2) is 7.67. The van der Waals surface area contributed by atoms with E-state index in [0.29, 0.717) is 17.1 Å². The topological polar surface area (TPSA) is 62.1 Å². The van der Waals surface area contributed by atoms with E-state index in [1.807, 2.05) is 26.0 Å². The Kier molecular flexibility index (Phi) is 5.84. The number of ether oxygens (including phenoxy) is 1. The number of esters is 1. The zero-order chi connectivity index (χ0) is 17.9. The standard InChI is InChI=1S/C19H21BrN2O2/c1-5-7-13(15(20)6-2)16-14(10-21)11(3)22-18(12-8-9-12)17(16)19(23)24-4/h5-7,12,16,22H,1,8-9H2,2-4H3/b13-7+,15-6+. The molecule has 2 rings (SSSR count). The average molecular weight is 389 g/mol. The number of dihydropyridines is 1. The Morgan fingerprint density at radius 3 is 2.62 bits per heavy atom. The van der Waals surface area contributed by atoms with E-state index in [9.17, 15) is 10.1 Å². The molecule has 1 fully saturated rings. The molecule has 0 spiro atoms. The van der Waals surface area contributed by atoms with Gasteiger partial charge in [0, 0.05) is 15.9 Å². The van der Waals surface area contributed by atoms with Crippen LogP contribution in [0, 0.1) is 23.2 Å². The minimum atomic E-state index is -0.470. The summed E-state index contributed by atoms with van der Waals surface area (Å²) in [4.78, 5) is 12.6. The van der Waals surface area contributed by atoms with Gasteiger partial charge in [0.15, 0.2) is 0 Å². The van der Waals surface area contributed by atoms with Crippen LogP contribution < -0.4 is 5.32 Å². The lowest BCUT2D eigenvalue weighted by Gasteiger charge is -2.31. The lowest BCUT2D eigenvalue weighted by molar-refractivity contribution is -0.136. The molecule has 5 heteroatoms. The van der Waals surface area contributed by atoms with E-state index in [4.69, 9.17) is 4.74 Å². The number of carbonyl (C=O) groups is 1. The quantitative estimate of drug-likeness (QED) is 0.564. The van der Waals surface area contributed by atoms with E-state index in [0.717, 1.165) is 34.3 Å². The van der Waals surface area contributed by atoms with Gasteiger partial charge in [-0.2, -0.15) is 5.26 Å². The fourth-order valence-electron chi connectivity index (χ4n) is 2.95. The van der Waals surface area contributed by atoms with Gasteiger partial charge in [0.05, 0.1) is 30.2 Å². The summed E-state index contributed by atoms with van der Waals surface area (Å²) < 4.78 is 5.87. The van der Waals surface area contributed by atoms with E-state index < -0.39 is 11.9 Å². The van der Waals surface area contributed by atoms with Gasteiger partial charge in [0.2, 0.25) is 0 Å². The summed E-state index contributed by atoms with van der Waals surface area (Å²) in [7, 11) is 1.37. The molecule has 1 aliphatic carbocycles. The normalized spacial score (nSPS) is 22.0. The number of hydrogen-bond donors (Lipinski definition) is 1. The minimum absolute atomic E-state index is 0.325. The molecular weight excluding hydrogens is 368 g/mol. The van der Waals surface area contributed by atoms with Crippen molar-refractivity contribution in [3.05, 3.63) is 57.4 Å². The number of allylic oxidation sites excluding steroid dienone is 8. The van der Waals surface area contributed by atoms with Gasteiger partial charge in [-0.25, -0.2) is 4.79 Å². The molecule has 0 aromatic carbocycles. The number of rotatable bonds is 5. The molecule has 1 heterocycles. The molecule has 1 aliphatic heterocycles. The van der Waals surface area contributed by atoms with Crippen LogP contribution in [0.3, 0.4) is 0 Å². The highest BCUT2D eigenvalue weighted by Crippen LogP contribution is 2.46. The summed E-state index contributed by atoms with van der Waals surface area (Å²) in [5.41, 5.74) is 3.53. The van der Waals surface area contributed by atoms with Gasteiger partial charge >= 0.3 is 5.97 Å². The lowest BCUT2D eigenvalue weighted by Crippen LogP contribution is -2.32. The summed E-state index contributed by atoms with van der Waals surface area (Å²) in [6.07, 6.45) is 7.47. The van der Waals surface area contributed by atoms with Gasteiger partial charge in [0.1, 0.15) is 0 Å². The van der Waals surface area contributed by atoms with Gasteiger partial charge in [-0.3, -0.25) is 0 Å². The molecule has 1 unspecified atom stereocenters. The molecule has 126 valence electrons. The zero-order valence-electron chi connectivity index (χ0n) is 14.1. The third-order valence-corrected chi connectivity index (χ3v) is 5.16. The molecule has 0 radical (unpaired) electrons. The Hall–Kier alpha value is -2.06. The number of hydrogen-bond acceptors (Lipinski definition) is 4. The number of nitrogens with one attached hydrogen (secondary N) is 1. The summed E-state index contributed by atoms with van der Waals surface area (Å²) in [6.45, 7) is 7.54. The number of nitriles is 1. The Balaban J connectivity index is 2.73. The molecule has 2 aliphatic rings. The largest absolute Gasteiger partial charge is 0.466 e. The lowest BCUT2D eigenvalue weighted by atomic mass is 9.79. The van der Waals surface area contributed by atoms with Crippen molar-refractivity contribution in [2.45, 2.75) is 26.7 Å². The third-order valence-electron chi connectivity index (χ3n) is 4.24. The number of nitrogens with zero attached hydrogens (tertiary/aromatic N) is 1. The van der Waals surface area contributed by atoms with Crippen molar-refractivity contribution in [1.82, 2.24) is 5.32 Å². The minimum Gasteiger partial charge on any atom is -0.466 e. The highest BCUT2D eigenvalue weighted by Gasteiger charge is 2.41. The maximum absolute atomic E-state index is 12.6. The number of carbonyl (C=O) groups excluding carboxylic acids is 1. The molecule has 24 heavy (non-hydrogen) atoms. The second-order valence-corrected chi connectivity index (χ2v) is 6.65. The van der Waals surface area contributed by atoms with Gasteiger partial charge in [0.25, 0.3) is 0 Å². The molecule has 0 bridgehead atoms. The van der Waals surface area contributed by atoms with Crippen molar-refractivity contribution < 1.29 is 9.53 Å². The van der Waals surface area contributed by atoms with Gasteiger partial charge in [-0.05, 0) is 38.2 Å². The Morgan fingerprint density at radius 1 is 1.50 bits per heavy atom. The Morgan fingerprint density at radius 2 is 2.17 bits per heavy atom. The van der Waals surface area contributed by atoms with Crippen LogP contribution in [0.2, 0.25) is 0 Å². The Labute approximate surface area is 151 Å². The molecule has 0 saturated heterocycles. The molecule has 0 aromatic heterocycles. The fourth-order valence-corrected chi connectivity index (χ4v) is 3.31. The van der Waals surface area contributed by atoms with Crippen molar-refractivity contribution in [3.63, 3.8) is 0 Å². The van der Waals surface area contributed by atoms with Crippen LogP contribution in [0.25, 0.3) is 0 Å². The first-order valence-electron chi connectivity index (χ1n) is 7.85. The van der Waals surface area contributed by atoms with Crippen LogP contribution in [0.1, 0.15) is 26.7 Å². The monoisotopic (exact) mass is 388 g/mol. The fraction of sp³-hybridized carbons (Fsp3) is 0.368. The van der Waals surface area contributed by atoms with Crippen molar-refractivity contribution in [1.29, 1.82) is 5.26 Å². The number of methoxy groups -OCH3 is 1. The summed E-state index contributed by atoms with van der Waals surface area (Å²) in [5.74, 6) is -0.546. The third kappa shape index (κ3) is 3.39. The maximum Gasteiger partial charge on any atom is 0.336 e. The van der Waals surface area contributed by atoms with E-state index in [-0.39, 0.29) is 0 Å². The predicted octanol–water partition coefficient (Wildman–Crippen LogP) is 4.25. The van der Waals surface area contributed by atoms with Crippen molar-refractivity contribution >= 4 is 21.9 Å². The van der Waals surface area contributed by atoms with Crippen molar-refractivity contribution in [3.8, 4) is 6.07 Å². The second-order valence-electron chi connectivity index (χ2n) is 5.80. The van der Waals surface area contributed by atoms with Gasteiger partial charge in [-0.15, -0.1) is 0 Å². The first-order chi connectivity index (χ1) is 11.5. The SMILES string of the molecule is C=C/C=C(\C(Br)=C/C)C1C(C#N)=C(C)NC(C2CC2)=C1C(=O)OC. The molecule has 1 atom stereocenters. The van der Waals surface area contributed by atoms with E-state index in [1.165, 1.54) is 7.11 Å². The van der Waals surface area contributed by atoms with E-state index >= 15 is 0 Å². The van der Waals surface area contributed by atoms with Crippen LogP contribution in [0.5, 0.6) is 0 Å². The average Bonchev–Trinajstić information content (AvgIpc) is 3.42. The molecule has 0 amide bonds. The molecule has 1 N–H and O–H groups in total. The predicted molar refractivity (Wildman–Crippen MR) is 97.7 cm³/mol. The molecule has 0 aromatic rings. The van der Waals surface area contributed by atoms with Gasteiger partial charge in [-0.1, -0.05) is 40.7 Å². The maximum atomic E-state index is 12.6. The van der Waals surface area contributed by atoms with Crippen molar-refractivity contribution in [2.24, 2.45) is 11.8 Å². The highest BCUT2D eigenvalue weighted by atomic mass is 79.9. The molecular formula is C19H21BrN2O2. The first kappa shape index (κ1) is 18.3. The highest BCUT2D eigenvalue weighted by molar-refractivity contribution is 9.12. The van der Waals surface area contributed by atoms with E-state index in [1.54, 1.807) is 6.08 Å². The Bertz CT molecular complexity index is 731. The van der Waals surface area contributed by atoms with Crippen LogP contribution in [0.15, 0.2) is 57.4 Å². The van der Waals surface area contributed by atoms with Crippen LogP contribution in [-0.4, -0.2) is 13.1 Å². The smallest absolute Gasteiger partial charge is 0.336 e. The van der Waals surface area contributed by atoms with E-state index in [2.05, 4.69) is 33.9 Å². The van der Waals surface area contributed by atoms with Gasteiger partial charge < -0.3 is 10.1 Å². The summed E-state index contributed by atoms with van der Waals surface area (Å²) >= 11 is 3.55. The van der Waals surface area contributed by atoms with Crippen LogP contribution in [0.4, 0.5) is 0 Å². The summed E-state index contributed by atoms with van der Waals surface area (Å²) in [5, 5.41) is 13.0. The molecule has 4 nitrogen and oxygen atoms in total. The number of halogens is 1. The van der Waals surface area contributed by atoms with Crippen LogP contribution >= 0.6 is 15.9 Å². The zero-order valence-corrected chi connectivity index (χ0v) is 15.7. The van der Waals surface area contributed by atoms with Crippen molar-refractivity contribution in [2.75, 3.05) is 7.11 Å². The van der Waals surface area contributed by atoms with Crippen LogP contribution in [-0.2, 0) is 9.53 Å². The molecule has 1 saturated carbocycles. The summed E-state index contributed by atoms with van der Waals surface area (Å²) in [6, 6.07) is 2.26.